The molecule has 1 aliphatic heterocycles. The van der Waals surface area contributed by atoms with E-state index in [4.69, 9.17) is 4.42 Å². The number of carbonyl (C=O) groups is 1. The van der Waals surface area contributed by atoms with E-state index >= 15 is 0 Å². The van der Waals surface area contributed by atoms with E-state index in [0.29, 0.717) is 5.56 Å². The first-order valence-electron chi connectivity index (χ1n) is 11.9. The minimum Gasteiger partial charge on any atom is -0.472 e. The van der Waals surface area contributed by atoms with Crippen molar-refractivity contribution in [2.75, 3.05) is 13.1 Å². The van der Waals surface area contributed by atoms with Gasteiger partial charge >= 0.3 is 0 Å². The maximum Gasteiger partial charge on any atom is 0.255 e. The maximum atomic E-state index is 12.7. The van der Waals surface area contributed by atoms with Gasteiger partial charge in [0.2, 0.25) is 0 Å². The van der Waals surface area contributed by atoms with E-state index in [0.717, 1.165) is 29.7 Å². The van der Waals surface area contributed by atoms with Gasteiger partial charge in [-0.05, 0) is 92.5 Å². The summed E-state index contributed by atoms with van der Waals surface area (Å²) in [5.74, 6) is 2.07. The first-order chi connectivity index (χ1) is 14.7. The van der Waals surface area contributed by atoms with Gasteiger partial charge in [-0.25, -0.2) is 0 Å². The van der Waals surface area contributed by atoms with Gasteiger partial charge in [-0.2, -0.15) is 0 Å². The van der Waals surface area contributed by atoms with Crippen LogP contribution in [0.1, 0.15) is 72.5 Å². The second-order valence-electron chi connectivity index (χ2n) is 10.7. The Hall–Kier alpha value is -2.07. The Balaban J connectivity index is 1.09. The third kappa shape index (κ3) is 2.29. The molecule has 2 spiro atoms. The van der Waals surface area contributed by atoms with Gasteiger partial charge in [0.15, 0.2) is 0 Å². The van der Waals surface area contributed by atoms with Crippen LogP contribution in [0.4, 0.5) is 0 Å². The smallest absolute Gasteiger partial charge is 0.255 e. The molecule has 1 amide bonds. The van der Waals surface area contributed by atoms with Crippen molar-refractivity contribution in [1.29, 1.82) is 0 Å². The number of piperidine rings is 1. The molecule has 7 rings (SSSR count). The molecule has 5 atom stereocenters. The van der Waals surface area contributed by atoms with Crippen LogP contribution in [0.3, 0.4) is 0 Å². The van der Waals surface area contributed by atoms with Gasteiger partial charge in [0.1, 0.15) is 6.26 Å². The molecule has 1 saturated heterocycles. The molecule has 2 heterocycles. The van der Waals surface area contributed by atoms with Crippen LogP contribution >= 0.6 is 0 Å². The van der Waals surface area contributed by atoms with Crippen LogP contribution in [-0.4, -0.2) is 29.9 Å². The van der Waals surface area contributed by atoms with Crippen LogP contribution in [0.2, 0.25) is 0 Å². The summed E-state index contributed by atoms with van der Waals surface area (Å²) in [6.07, 6.45) is 12.6. The Morgan fingerprint density at radius 1 is 1.07 bits per heavy atom. The number of nitrogens with zero attached hydrogens (tertiary/aromatic N) is 1. The minimum absolute atomic E-state index is 0.0296. The van der Waals surface area contributed by atoms with Crippen LogP contribution in [0.15, 0.2) is 47.3 Å². The molecule has 5 aliphatic rings. The first-order valence-corrected chi connectivity index (χ1v) is 11.9. The molecule has 4 fully saturated rings. The molecular weight excluding hydrogens is 372 g/mol. The standard InChI is InChI=1S/C26H30N2O2/c29-24(17-7-12-30-16-17)27-22-14-25(20-4-2-1-3-19(20)22)8-10-28(11-9-25)23-15-26-13-18(26)5-6-21(23)26/h1-4,7,12,16,18,21-23H,5-6,8-11,13-15H2,(H,27,29)/t18-,21+,22+,23-,26?/m1/s1. The predicted octanol–water partition coefficient (Wildman–Crippen LogP) is 4.68. The topological polar surface area (TPSA) is 45.5 Å². The Morgan fingerprint density at radius 3 is 2.70 bits per heavy atom. The van der Waals surface area contributed by atoms with Crippen LogP contribution in [0.25, 0.3) is 0 Å². The van der Waals surface area contributed by atoms with E-state index in [2.05, 4.69) is 34.5 Å². The van der Waals surface area contributed by atoms with Crippen molar-refractivity contribution >= 4 is 5.91 Å². The lowest BCUT2D eigenvalue weighted by Gasteiger charge is -2.53. The molecule has 1 N–H and O–H groups in total. The maximum absolute atomic E-state index is 12.7. The van der Waals surface area contributed by atoms with Crippen LogP contribution in [-0.2, 0) is 5.41 Å². The second kappa shape index (κ2) is 6.00. The van der Waals surface area contributed by atoms with Gasteiger partial charge in [-0.15, -0.1) is 0 Å². The van der Waals surface area contributed by atoms with Crippen molar-refractivity contribution in [3.8, 4) is 0 Å². The SMILES string of the molecule is O=C(N[C@H]1CC2(CCN([C@@H]3CC45C[C@H]4CC[C@@H]35)CC2)c2ccccc21)c1ccoc1. The van der Waals surface area contributed by atoms with Crippen molar-refractivity contribution in [1.82, 2.24) is 10.2 Å². The summed E-state index contributed by atoms with van der Waals surface area (Å²) in [4.78, 5) is 15.5. The molecule has 156 valence electrons. The third-order valence-corrected chi connectivity index (χ3v) is 9.71. The van der Waals surface area contributed by atoms with Gasteiger partial charge in [-0.1, -0.05) is 24.3 Å². The number of benzene rings is 1. The van der Waals surface area contributed by atoms with Crippen LogP contribution in [0.5, 0.6) is 0 Å². The molecule has 4 aliphatic carbocycles. The second-order valence-corrected chi connectivity index (χ2v) is 10.7. The Bertz CT molecular complexity index is 988. The predicted molar refractivity (Wildman–Crippen MR) is 114 cm³/mol. The summed E-state index contributed by atoms with van der Waals surface area (Å²) >= 11 is 0. The molecule has 30 heavy (non-hydrogen) atoms. The number of hydrogen-bond acceptors (Lipinski definition) is 3. The van der Waals surface area contributed by atoms with Gasteiger partial charge < -0.3 is 14.6 Å². The minimum atomic E-state index is -0.0296. The number of carbonyl (C=O) groups excluding carboxylic acids is 1. The highest BCUT2D eigenvalue weighted by Crippen LogP contribution is 2.76. The van der Waals surface area contributed by atoms with E-state index in [1.807, 2.05) is 0 Å². The largest absolute Gasteiger partial charge is 0.472 e. The van der Waals surface area contributed by atoms with Crippen molar-refractivity contribution in [3.63, 3.8) is 0 Å². The van der Waals surface area contributed by atoms with Crippen LogP contribution < -0.4 is 5.32 Å². The average Bonchev–Trinajstić information content (AvgIpc) is 3.05. The molecular formula is C26H30N2O2. The van der Waals surface area contributed by atoms with Crippen molar-refractivity contribution in [2.24, 2.45) is 17.3 Å². The average molecular weight is 403 g/mol. The number of likely N-dealkylation sites (tertiary alicyclic amines) is 1. The van der Waals surface area contributed by atoms with E-state index in [1.165, 1.54) is 69.0 Å². The van der Waals surface area contributed by atoms with Crippen molar-refractivity contribution in [2.45, 2.75) is 62.4 Å². The number of amides is 1. The fourth-order valence-corrected chi connectivity index (χ4v) is 8.06. The zero-order valence-corrected chi connectivity index (χ0v) is 17.5. The number of nitrogens with one attached hydrogen (secondary N) is 1. The molecule has 2 aromatic rings. The summed E-state index contributed by atoms with van der Waals surface area (Å²) in [5, 5.41) is 3.29. The first kappa shape index (κ1) is 17.6. The Kier molecular flexibility index (Phi) is 3.52. The molecule has 3 saturated carbocycles. The lowest BCUT2D eigenvalue weighted by Crippen LogP contribution is -2.56. The molecule has 1 unspecified atom stereocenters. The summed E-state index contributed by atoms with van der Waals surface area (Å²) in [6.45, 7) is 2.44. The summed E-state index contributed by atoms with van der Waals surface area (Å²) < 4.78 is 5.10. The number of rotatable bonds is 3. The van der Waals surface area contributed by atoms with Gasteiger partial charge in [0.05, 0.1) is 17.9 Å². The third-order valence-electron chi connectivity index (χ3n) is 9.71. The van der Waals surface area contributed by atoms with Gasteiger partial charge in [0, 0.05) is 11.5 Å². The zero-order valence-electron chi connectivity index (χ0n) is 17.5. The van der Waals surface area contributed by atoms with Gasteiger partial charge in [0.25, 0.3) is 5.91 Å². The van der Waals surface area contributed by atoms with E-state index < -0.39 is 0 Å². The summed E-state index contributed by atoms with van der Waals surface area (Å²) in [6, 6.07) is 11.5. The number of hydrogen-bond donors (Lipinski definition) is 1. The van der Waals surface area contributed by atoms with Crippen molar-refractivity contribution in [3.05, 3.63) is 59.5 Å². The fourth-order valence-electron chi connectivity index (χ4n) is 8.06. The molecule has 1 aromatic heterocycles. The monoisotopic (exact) mass is 402 g/mol. The van der Waals surface area contributed by atoms with Crippen molar-refractivity contribution < 1.29 is 9.21 Å². The van der Waals surface area contributed by atoms with Crippen LogP contribution in [0, 0.1) is 17.3 Å². The quantitative estimate of drug-likeness (QED) is 0.811. The lowest BCUT2D eigenvalue weighted by atomic mass is 9.65. The molecule has 4 heteroatoms. The normalized spacial score (nSPS) is 37.9. The summed E-state index contributed by atoms with van der Waals surface area (Å²) in [5.41, 5.74) is 4.44. The zero-order chi connectivity index (χ0) is 19.9. The highest BCUT2D eigenvalue weighted by atomic mass is 16.3. The number of furan rings is 1. The highest BCUT2D eigenvalue weighted by Gasteiger charge is 2.71. The molecule has 0 bridgehead atoms. The molecule has 4 nitrogen and oxygen atoms in total. The highest BCUT2D eigenvalue weighted by molar-refractivity contribution is 5.94. The lowest BCUT2D eigenvalue weighted by molar-refractivity contribution is -0.0258. The van der Waals surface area contributed by atoms with E-state index in [9.17, 15) is 4.79 Å². The Labute approximate surface area is 178 Å². The number of fused-ring (bicyclic) bond motifs is 2. The molecule has 1 aromatic carbocycles. The Morgan fingerprint density at radius 2 is 1.93 bits per heavy atom. The fraction of sp³-hybridized carbons (Fsp3) is 0.577. The molecule has 0 radical (unpaired) electrons. The van der Waals surface area contributed by atoms with E-state index in [-0.39, 0.29) is 17.4 Å². The summed E-state index contributed by atoms with van der Waals surface area (Å²) in [7, 11) is 0. The van der Waals surface area contributed by atoms with Gasteiger partial charge in [-0.3, -0.25) is 4.79 Å². The van der Waals surface area contributed by atoms with E-state index in [1.54, 1.807) is 12.3 Å².